The van der Waals surface area contributed by atoms with Crippen LogP contribution in [0, 0.1) is 23.2 Å². The van der Waals surface area contributed by atoms with Crippen LogP contribution in [0.2, 0.25) is 0 Å². The summed E-state index contributed by atoms with van der Waals surface area (Å²) in [5.74, 6) is 2.65. The van der Waals surface area contributed by atoms with Crippen molar-refractivity contribution in [1.82, 2.24) is 5.32 Å². The summed E-state index contributed by atoms with van der Waals surface area (Å²) in [5.41, 5.74) is 1.24. The van der Waals surface area contributed by atoms with E-state index in [2.05, 4.69) is 10.3 Å². The maximum Gasteiger partial charge on any atom is 0.317 e. The number of amidine groups is 1. The van der Waals surface area contributed by atoms with E-state index in [9.17, 15) is 9.59 Å². The summed E-state index contributed by atoms with van der Waals surface area (Å²) in [4.78, 5) is 30.9. The second kappa shape index (κ2) is 8.86. The largest absolute Gasteiger partial charge is 0.493 e. The van der Waals surface area contributed by atoms with Crippen LogP contribution in [0.15, 0.2) is 58.4 Å². The first-order valence-corrected chi connectivity index (χ1v) is 13.1. The molecule has 7 heteroatoms. The van der Waals surface area contributed by atoms with Crippen molar-refractivity contribution in [2.75, 3.05) is 7.11 Å². The smallest absolute Gasteiger partial charge is 0.317 e. The van der Waals surface area contributed by atoms with Gasteiger partial charge in [-0.1, -0.05) is 24.3 Å². The molecular weight excluding hydrogens is 460 g/mol. The van der Waals surface area contributed by atoms with Gasteiger partial charge in [-0.2, -0.15) is 0 Å². The van der Waals surface area contributed by atoms with Gasteiger partial charge in [0.05, 0.1) is 23.1 Å². The minimum atomic E-state index is -0.326. The van der Waals surface area contributed by atoms with Gasteiger partial charge >= 0.3 is 5.97 Å². The molecule has 0 spiro atoms. The van der Waals surface area contributed by atoms with Gasteiger partial charge < -0.3 is 14.8 Å². The minimum Gasteiger partial charge on any atom is -0.493 e. The summed E-state index contributed by atoms with van der Waals surface area (Å²) in [6.45, 7) is 0. The van der Waals surface area contributed by atoms with Gasteiger partial charge in [-0.25, -0.2) is 4.99 Å². The van der Waals surface area contributed by atoms with E-state index in [1.807, 2.05) is 36.4 Å². The average molecular weight is 489 g/mol. The number of nitrogens with one attached hydrogen (secondary N) is 1. The molecule has 180 valence electrons. The quantitative estimate of drug-likeness (QED) is 0.331. The number of rotatable bonds is 5. The predicted octanol–water partition coefficient (Wildman–Crippen LogP) is 5.71. The van der Waals surface area contributed by atoms with Crippen molar-refractivity contribution in [1.29, 1.82) is 0 Å². The number of benzene rings is 2. The molecule has 6 nitrogen and oxygen atoms in total. The summed E-state index contributed by atoms with van der Waals surface area (Å²) in [6, 6.07) is 14.9. The standard InChI is InChI=1S/C28H28N2O4S/c1-33-23-12-17(13-24-25(31)30-27(35-24)29-21-5-3-2-4-6-21)7-8-22(23)34-26(32)28-14-18-9-19(15-28)11-20(10-18)16-28/h2-8,12-13,18-20H,9-11,14-16H2,1H3,(H,29,30,31)/b24-13-. The maximum absolute atomic E-state index is 13.4. The monoisotopic (exact) mass is 488 g/mol. The molecule has 1 amide bonds. The molecule has 2 aromatic carbocycles. The number of carbonyl (C=O) groups is 2. The predicted molar refractivity (Wildman–Crippen MR) is 136 cm³/mol. The highest BCUT2D eigenvalue weighted by Gasteiger charge is 2.55. The first-order valence-electron chi connectivity index (χ1n) is 12.2. The molecule has 1 heterocycles. The van der Waals surface area contributed by atoms with Crippen LogP contribution in [-0.2, 0) is 9.59 Å². The lowest BCUT2D eigenvalue weighted by molar-refractivity contribution is -0.161. The Labute approximate surface area is 209 Å². The molecule has 0 atom stereocenters. The van der Waals surface area contributed by atoms with Crippen molar-refractivity contribution >= 4 is 40.6 Å². The summed E-state index contributed by atoms with van der Waals surface area (Å²) in [7, 11) is 1.57. The SMILES string of the molecule is COc1cc(/C=C2\SC(=Nc3ccccc3)NC2=O)ccc1OC(=O)C12CC3CC(CC(C3)C1)C2. The number of methoxy groups -OCH3 is 1. The lowest BCUT2D eigenvalue weighted by atomic mass is 9.49. The summed E-state index contributed by atoms with van der Waals surface area (Å²) in [5, 5.41) is 3.35. The van der Waals surface area contributed by atoms with Gasteiger partial charge in [-0.05, 0) is 104 Å². The third-order valence-electron chi connectivity index (χ3n) is 7.80. The Bertz CT molecular complexity index is 1200. The van der Waals surface area contributed by atoms with Crippen LogP contribution >= 0.6 is 11.8 Å². The fourth-order valence-electron chi connectivity index (χ4n) is 6.68. The van der Waals surface area contributed by atoms with Crippen molar-refractivity contribution in [3.05, 3.63) is 59.0 Å². The molecule has 4 saturated carbocycles. The van der Waals surface area contributed by atoms with Crippen LogP contribution < -0.4 is 14.8 Å². The van der Waals surface area contributed by atoms with Crippen LogP contribution in [0.25, 0.3) is 6.08 Å². The normalized spacial score (nSPS) is 31.1. The number of nitrogens with zero attached hydrogens (tertiary/aromatic N) is 1. The number of hydrogen-bond donors (Lipinski definition) is 1. The van der Waals surface area contributed by atoms with E-state index in [0.717, 1.165) is 30.5 Å². The Morgan fingerprint density at radius 1 is 1.03 bits per heavy atom. The summed E-state index contributed by atoms with van der Waals surface area (Å²) in [6.07, 6.45) is 8.52. The number of thioether (sulfide) groups is 1. The highest BCUT2D eigenvalue weighted by atomic mass is 32.2. The van der Waals surface area contributed by atoms with E-state index >= 15 is 0 Å². The fourth-order valence-corrected chi connectivity index (χ4v) is 7.52. The van der Waals surface area contributed by atoms with Gasteiger partial charge in [0, 0.05) is 0 Å². The second-order valence-electron chi connectivity index (χ2n) is 10.3. The minimum absolute atomic E-state index is 0.103. The van der Waals surface area contributed by atoms with Crippen molar-refractivity contribution in [3.63, 3.8) is 0 Å². The molecule has 0 aromatic heterocycles. The molecule has 1 aliphatic heterocycles. The van der Waals surface area contributed by atoms with E-state index in [4.69, 9.17) is 9.47 Å². The van der Waals surface area contributed by atoms with Crippen molar-refractivity contribution in [3.8, 4) is 11.5 Å². The van der Waals surface area contributed by atoms with Crippen LogP contribution in [0.5, 0.6) is 11.5 Å². The highest BCUT2D eigenvalue weighted by molar-refractivity contribution is 8.18. The molecule has 5 aliphatic rings. The Morgan fingerprint density at radius 2 is 1.71 bits per heavy atom. The first kappa shape index (κ1) is 22.4. The van der Waals surface area contributed by atoms with E-state index in [0.29, 0.717) is 39.3 Å². The maximum atomic E-state index is 13.4. The van der Waals surface area contributed by atoms with Crippen LogP contribution in [0.1, 0.15) is 44.1 Å². The molecule has 2 aromatic rings. The van der Waals surface area contributed by atoms with Crippen LogP contribution in [0.3, 0.4) is 0 Å². The van der Waals surface area contributed by atoms with Crippen molar-refractivity contribution < 1.29 is 19.1 Å². The lowest BCUT2D eigenvalue weighted by Gasteiger charge is -2.55. The van der Waals surface area contributed by atoms with E-state index in [-0.39, 0.29) is 17.3 Å². The van der Waals surface area contributed by atoms with Crippen molar-refractivity contribution in [2.24, 2.45) is 28.2 Å². The third-order valence-corrected chi connectivity index (χ3v) is 8.71. The number of amides is 1. The van der Waals surface area contributed by atoms with Gasteiger partial charge in [-0.3, -0.25) is 9.59 Å². The second-order valence-corrected chi connectivity index (χ2v) is 11.3. The van der Waals surface area contributed by atoms with Gasteiger partial charge in [-0.15, -0.1) is 0 Å². The number of esters is 1. The van der Waals surface area contributed by atoms with E-state index < -0.39 is 0 Å². The third kappa shape index (κ3) is 4.38. The zero-order valence-electron chi connectivity index (χ0n) is 19.7. The Hall–Kier alpha value is -3.06. The zero-order valence-corrected chi connectivity index (χ0v) is 20.5. The number of carbonyl (C=O) groups excluding carboxylic acids is 2. The fraction of sp³-hybridized carbons (Fsp3) is 0.393. The summed E-state index contributed by atoms with van der Waals surface area (Å²) < 4.78 is 11.5. The molecular formula is C28H28N2O4S. The number of hydrogen-bond acceptors (Lipinski definition) is 6. The number of aliphatic imine (C=N–C) groups is 1. The van der Waals surface area contributed by atoms with Gasteiger partial charge in [0.25, 0.3) is 5.91 Å². The molecule has 35 heavy (non-hydrogen) atoms. The van der Waals surface area contributed by atoms with E-state index in [1.165, 1.54) is 31.0 Å². The Kier molecular flexibility index (Phi) is 5.67. The van der Waals surface area contributed by atoms with Crippen LogP contribution in [0.4, 0.5) is 5.69 Å². The molecule has 4 aliphatic carbocycles. The van der Waals surface area contributed by atoms with E-state index in [1.54, 1.807) is 25.3 Å². The first-order chi connectivity index (χ1) is 17.0. The van der Waals surface area contributed by atoms with Gasteiger partial charge in [0.1, 0.15) is 0 Å². The highest BCUT2D eigenvalue weighted by Crippen LogP contribution is 2.60. The zero-order chi connectivity index (χ0) is 24.0. The molecule has 4 bridgehead atoms. The topological polar surface area (TPSA) is 77.0 Å². The van der Waals surface area contributed by atoms with Gasteiger partial charge in [0.15, 0.2) is 16.7 Å². The molecule has 0 radical (unpaired) electrons. The van der Waals surface area contributed by atoms with Crippen LogP contribution in [-0.4, -0.2) is 24.2 Å². The molecule has 5 fully saturated rings. The average Bonchev–Trinajstić information content (AvgIpc) is 3.18. The molecule has 1 saturated heterocycles. The number of para-hydroxylation sites is 1. The Balaban J connectivity index is 1.19. The summed E-state index contributed by atoms with van der Waals surface area (Å²) >= 11 is 1.29. The molecule has 0 unspecified atom stereocenters. The molecule has 1 N–H and O–H groups in total. The molecule has 7 rings (SSSR count). The Morgan fingerprint density at radius 3 is 2.37 bits per heavy atom. The lowest BCUT2D eigenvalue weighted by Crippen LogP contribution is -2.51. The van der Waals surface area contributed by atoms with Crippen molar-refractivity contribution in [2.45, 2.75) is 38.5 Å². The van der Waals surface area contributed by atoms with Gasteiger partial charge in [0.2, 0.25) is 0 Å². The number of ether oxygens (including phenoxy) is 2.